The van der Waals surface area contributed by atoms with Crippen LogP contribution >= 0.6 is 0 Å². The van der Waals surface area contributed by atoms with Gasteiger partial charge >= 0.3 is 0 Å². The van der Waals surface area contributed by atoms with Gasteiger partial charge in [0.15, 0.2) is 11.6 Å². The Kier molecular flexibility index (Phi) is 6.74. The Labute approximate surface area is 203 Å². The van der Waals surface area contributed by atoms with E-state index in [9.17, 15) is 9.18 Å². The maximum Gasteiger partial charge on any atom is 0.251 e. The van der Waals surface area contributed by atoms with Gasteiger partial charge in [-0.3, -0.25) is 4.79 Å². The minimum Gasteiger partial charge on any atom is -0.492 e. The molecule has 0 spiro atoms. The second kappa shape index (κ2) is 10.1. The molecule has 1 unspecified atom stereocenters. The third kappa shape index (κ3) is 4.63. The Morgan fingerprint density at radius 3 is 3.03 bits per heavy atom. The number of anilines is 1. The van der Waals surface area contributed by atoms with Crippen LogP contribution in [0.3, 0.4) is 0 Å². The first-order chi connectivity index (χ1) is 17.1. The number of para-hydroxylation sites is 1. The number of methoxy groups -OCH3 is 1. The Hall–Kier alpha value is -3.37. The lowest BCUT2D eigenvalue weighted by Crippen LogP contribution is -2.46. The van der Waals surface area contributed by atoms with Crippen molar-refractivity contribution in [3.8, 4) is 11.6 Å². The van der Waals surface area contributed by atoms with Crippen molar-refractivity contribution in [2.24, 2.45) is 0 Å². The third-order valence-electron chi connectivity index (χ3n) is 6.50. The van der Waals surface area contributed by atoms with Gasteiger partial charge in [-0.05, 0) is 23.8 Å². The number of hydrogen-bond donors (Lipinski definition) is 3. The molecule has 0 aliphatic carbocycles. The number of aromatic nitrogens is 1. The fraction of sp³-hybridized carbons (Fsp3) is 0.440. The van der Waals surface area contributed by atoms with Crippen LogP contribution in [0.5, 0.6) is 11.6 Å². The molecular formula is C25H29FN4O5. The number of carbonyl (C=O) groups excluding carboxylic acids is 1. The van der Waals surface area contributed by atoms with E-state index in [1.54, 1.807) is 18.3 Å². The second-order valence-corrected chi connectivity index (χ2v) is 8.65. The van der Waals surface area contributed by atoms with Crippen molar-refractivity contribution < 1.29 is 28.1 Å². The first-order valence-electron chi connectivity index (χ1n) is 11.8. The van der Waals surface area contributed by atoms with Gasteiger partial charge in [-0.2, -0.15) is 0 Å². The van der Waals surface area contributed by atoms with Gasteiger partial charge in [-0.15, -0.1) is 0 Å². The number of pyridine rings is 1. The molecule has 1 saturated heterocycles. The summed E-state index contributed by atoms with van der Waals surface area (Å²) in [6.45, 7) is 3.11. The first kappa shape index (κ1) is 23.4. The van der Waals surface area contributed by atoms with Crippen LogP contribution in [0.4, 0.5) is 10.1 Å². The molecule has 3 N–H and O–H groups in total. The van der Waals surface area contributed by atoms with E-state index in [4.69, 9.17) is 18.9 Å². The molecule has 35 heavy (non-hydrogen) atoms. The molecule has 2 atom stereocenters. The highest BCUT2D eigenvalue weighted by molar-refractivity contribution is 5.99. The number of amides is 1. The van der Waals surface area contributed by atoms with E-state index in [0.29, 0.717) is 69.5 Å². The minimum atomic E-state index is -0.984. The highest BCUT2D eigenvalue weighted by Gasteiger charge is 2.48. The summed E-state index contributed by atoms with van der Waals surface area (Å²) in [5.74, 6) is -0.157. The van der Waals surface area contributed by atoms with Gasteiger partial charge in [-0.1, -0.05) is 6.07 Å². The van der Waals surface area contributed by atoms with E-state index in [1.807, 2.05) is 12.1 Å². The standard InChI is InChI=1S/C25H29FN4O5/c1-32-23-18(26)3-2-4-20(23)30-25(15-29-19-6-9-28-24(31)22(19)25)16-5-8-27-21(13-16)35-10-7-17-14-33-11-12-34-17/h2-5,8,13,17,29-30H,6-7,9-12,14-15H2,1H3,(H,28,31)/t17-,25?/m0/s1. The summed E-state index contributed by atoms with van der Waals surface area (Å²) in [5.41, 5.74) is 1.66. The van der Waals surface area contributed by atoms with Crippen molar-refractivity contribution in [2.75, 3.05) is 51.9 Å². The summed E-state index contributed by atoms with van der Waals surface area (Å²) in [6, 6.07) is 8.32. The third-order valence-corrected chi connectivity index (χ3v) is 6.50. The van der Waals surface area contributed by atoms with Gasteiger partial charge in [0, 0.05) is 43.9 Å². The number of nitrogens with one attached hydrogen (secondary N) is 3. The van der Waals surface area contributed by atoms with Gasteiger partial charge in [0.1, 0.15) is 5.54 Å². The molecule has 2 aromatic rings. The maximum absolute atomic E-state index is 14.5. The van der Waals surface area contributed by atoms with E-state index in [1.165, 1.54) is 13.2 Å². The van der Waals surface area contributed by atoms with Crippen LogP contribution in [-0.2, 0) is 19.8 Å². The van der Waals surface area contributed by atoms with Crippen LogP contribution in [0.25, 0.3) is 0 Å². The molecule has 3 aliphatic heterocycles. The largest absolute Gasteiger partial charge is 0.492 e. The Morgan fingerprint density at radius 2 is 2.20 bits per heavy atom. The van der Waals surface area contributed by atoms with E-state index in [0.717, 1.165) is 11.3 Å². The van der Waals surface area contributed by atoms with E-state index >= 15 is 0 Å². The van der Waals surface area contributed by atoms with Crippen LogP contribution in [0, 0.1) is 5.82 Å². The molecule has 1 aromatic carbocycles. The monoisotopic (exact) mass is 484 g/mol. The van der Waals surface area contributed by atoms with E-state index < -0.39 is 11.4 Å². The zero-order chi connectivity index (χ0) is 24.3. The van der Waals surface area contributed by atoms with Crippen LogP contribution < -0.4 is 25.4 Å². The highest BCUT2D eigenvalue weighted by atomic mass is 19.1. The quantitative estimate of drug-likeness (QED) is 0.524. The molecule has 0 saturated carbocycles. The summed E-state index contributed by atoms with van der Waals surface area (Å²) in [7, 11) is 1.42. The predicted octanol–water partition coefficient (Wildman–Crippen LogP) is 2.10. The summed E-state index contributed by atoms with van der Waals surface area (Å²) in [5, 5.41) is 9.75. The SMILES string of the molecule is COc1c(F)cccc1NC1(c2ccnc(OCC[C@H]3COCCO3)c2)CNC2=C1C(=O)NCC2. The number of nitrogens with zero attached hydrogens (tertiary/aromatic N) is 1. The summed E-state index contributed by atoms with van der Waals surface area (Å²) >= 11 is 0. The number of carbonyl (C=O) groups is 1. The molecule has 0 bridgehead atoms. The molecule has 9 nitrogen and oxygen atoms in total. The normalized spacial score (nSPS) is 23.8. The fourth-order valence-electron chi connectivity index (χ4n) is 4.83. The second-order valence-electron chi connectivity index (χ2n) is 8.65. The van der Waals surface area contributed by atoms with Crippen molar-refractivity contribution in [3.05, 3.63) is 59.2 Å². The predicted molar refractivity (Wildman–Crippen MR) is 126 cm³/mol. The maximum atomic E-state index is 14.5. The molecule has 3 aliphatic rings. The Balaban J connectivity index is 1.46. The molecule has 1 aromatic heterocycles. The van der Waals surface area contributed by atoms with Crippen molar-refractivity contribution in [1.82, 2.24) is 15.6 Å². The van der Waals surface area contributed by atoms with Gasteiger partial charge in [-0.25, -0.2) is 9.37 Å². The summed E-state index contributed by atoms with van der Waals surface area (Å²) in [4.78, 5) is 17.4. The lowest BCUT2D eigenvalue weighted by atomic mass is 9.82. The van der Waals surface area contributed by atoms with Crippen molar-refractivity contribution in [2.45, 2.75) is 24.5 Å². The average molecular weight is 485 g/mol. The van der Waals surface area contributed by atoms with Crippen LogP contribution in [0.2, 0.25) is 0 Å². The molecule has 5 rings (SSSR count). The molecule has 10 heteroatoms. The number of hydrogen-bond acceptors (Lipinski definition) is 8. The number of ether oxygens (including phenoxy) is 4. The number of rotatable bonds is 8. The van der Waals surface area contributed by atoms with Crippen LogP contribution in [0.15, 0.2) is 47.8 Å². The highest BCUT2D eigenvalue weighted by Crippen LogP contribution is 2.43. The van der Waals surface area contributed by atoms with Gasteiger partial charge in [0.2, 0.25) is 5.88 Å². The van der Waals surface area contributed by atoms with E-state index in [-0.39, 0.29) is 17.8 Å². The van der Waals surface area contributed by atoms with Crippen LogP contribution in [-0.4, -0.2) is 63.6 Å². The Bertz CT molecular complexity index is 1120. The molecule has 0 radical (unpaired) electrons. The lowest BCUT2D eigenvalue weighted by Gasteiger charge is -2.35. The first-order valence-corrected chi connectivity index (χ1v) is 11.8. The summed E-state index contributed by atoms with van der Waals surface area (Å²) < 4.78 is 36.9. The molecular weight excluding hydrogens is 455 g/mol. The zero-order valence-electron chi connectivity index (χ0n) is 19.6. The average Bonchev–Trinajstić information content (AvgIpc) is 3.26. The number of halogens is 1. The van der Waals surface area contributed by atoms with Gasteiger partial charge in [0.05, 0.1) is 50.9 Å². The van der Waals surface area contributed by atoms with Gasteiger partial charge in [0.25, 0.3) is 5.91 Å². The molecule has 186 valence electrons. The lowest BCUT2D eigenvalue weighted by molar-refractivity contribution is -0.118. The smallest absolute Gasteiger partial charge is 0.251 e. The van der Waals surface area contributed by atoms with Crippen molar-refractivity contribution >= 4 is 11.6 Å². The zero-order valence-corrected chi connectivity index (χ0v) is 19.6. The number of benzene rings is 1. The topological polar surface area (TPSA) is 103 Å². The van der Waals surface area contributed by atoms with Gasteiger partial charge < -0.3 is 34.9 Å². The van der Waals surface area contributed by atoms with Crippen molar-refractivity contribution in [3.63, 3.8) is 0 Å². The summed E-state index contributed by atoms with van der Waals surface area (Å²) in [6.07, 6.45) is 3.01. The molecule has 1 fully saturated rings. The van der Waals surface area contributed by atoms with Crippen LogP contribution in [0.1, 0.15) is 18.4 Å². The molecule has 1 amide bonds. The Morgan fingerprint density at radius 1 is 1.29 bits per heavy atom. The van der Waals surface area contributed by atoms with E-state index in [2.05, 4.69) is 20.9 Å². The fourth-order valence-corrected chi connectivity index (χ4v) is 4.83. The van der Waals surface area contributed by atoms with Crippen molar-refractivity contribution in [1.29, 1.82) is 0 Å². The molecule has 4 heterocycles. The minimum absolute atomic E-state index is 0.00179.